The Hall–Kier alpha value is 1.66. The van der Waals surface area contributed by atoms with Crippen molar-refractivity contribution in [2.45, 2.75) is 39.8 Å². The van der Waals surface area contributed by atoms with Gasteiger partial charge in [-0.15, -0.1) is 0 Å². The molecule has 0 bridgehead atoms. The molecule has 0 spiro atoms. The van der Waals surface area contributed by atoms with Gasteiger partial charge in [0.15, 0.2) is 7.98 Å². The van der Waals surface area contributed by atoms with Crippen LogP contribution in [0, 0.1) is 0 Å². The van der Waals surface area contributed by atoms with Crippen LogP contribution < -0.4 is 51.4 Å². The Bertz CT molecular complexity index is 62.8. The Morgan fingerprint density at radius 3 is 1.33 bits per heavy atom. The first kappa shape index (κ1) is 13.3. The number of hydrogen-bond donors (Lipinski definition) is 0. The summed E-state index contributed by atoms with van der Waals surface area (Å²) in [5, 5.41) is 0. The van der Waals surface area contributed by atoms with Crippen molar-refractivity contribution >= 4 is 7.98 Å². The van der Waals surface area contributed by atoms with E-state index in [1.807, 2.05) is 4.81 Å². The van der Waals surface area contributed by atoms with Gasteiger partial charge in [-0.3, -0.25) is 0 Å². The Balaban J connectivity index is -0.000000245. The van der Waals surface area contributed by atoms with E-state index in [4.69, 9.17) is 7.98 Å². The van der Waals surface area contributed by atoms with Gasteiger partial charge in [-0.05, 0) is 12.1 Å². The van der Waals surface area contributed by atoms with Crippen LogP contribution in [0.15, 0.2) is 0 Å². The third kappa shape index (κ3) is 6.08. The normalized spacial score (nSPS) is 10.6. The van der Waals surface area contributed by atoms with Crippen LogP contribution in [0.4, 0.5) is 0 Å². The first-order chi connectivity index (χ1) is 3.55. The van der Waals surface area contributed by atoms with Gasteiger partial charge in [-0.1, -0.05) is 27.7 Å². The van der Waals surface area contributed by atoms with Gasteiger partial charge in [0.2, 0.25) is 0 Å². The van der Waals surface area contributed by atoms with E-state index in [1.54, 1.807) is 0 Å². The molecule has 0 aromatic carbocycles. The molecule has 0 rings (SSSR count). The fraction of sp³-hybridized carbons (Fsp3) is 1.00. The summed E-state index contributed by atoms with van der Waals surface area (Å²) in [4.78, 5) is 1.83. The van der Waals surface area contributed by atoms with Crippen LogP contribution in [0.3, 0.4) is 0 Å². The first-order valence-electron chi connectivity index (χ1n) is 3.08. The van der Waals surface area contributed by atoms with Gasteiger partial charge in [0.05, 0.1) is 0 Å². The van der Waals surface area contributed by atoms with Crippen molar-refractivity contribution in [3.05, 3.63) is 0 Å². The van der Waals surface area contributed by atoms with Gasteiger partial charge in [0.1, 0.15) is 0 Å². The minimum absolute atomic E-state index is 0. The zero-order valence-corrected chi connectivity index (χ0v) is 10.3. The first-order valence-corrected chi connectivity index (χ1v) is 3.08. The smallest absolute Gasteiger partial charge is 1.00 e. The van der Waals surface area contributed by atoms with Crippen molar-refractivity contribution in [2.24, 2.45) is 0 Å². The number of nitrogens with zero attached hydrogens (tertiary/aromatic N) is 1. The van der Waals surface area contributed by atoms with Crippen molar-refractivity contribution in [1.29, 1.82) is 0 Å². The van der Waals surface area contributed by atoms with E-state index in [1.165, 1.54) is 0 Å². The van der Waals surface area contributed by atoms with Crippen LogP contribution in [0.5, 0.6) is 0 Å². The summed E-state index contributed by atoms with van der Waals surface area (Å²) in [6.45, 7) is 8.33. The molecular formula is C6H15BKN. The summed E-state index contributed by atoms with van der Waals surface area (Å²) in [6, 6.07) is 0.907. The second kappa shape index (κ2) is 6.38. The third-order valence-electron chi connectivity index (χ3n) is 1.19. The minimum Gasteiger partial charge on any atom is -1.00 e. The van der Waals surface area contributed by atoms with E-state index in [0.29, 0.717) is 12.1 Å². The Morgan fingerprint density at radius 1 is 1.11 bits per heavy atom. The van der Waals surface area contributed by atoms with Crippen LogP contribution in [-0.4, -0.2) is 24.9 Å². The molecule has 3 heteroatoms. The fourth-order valence-electron chi connectivity index (χ4n) is 0.596. The van der Waals surface area contributed by atoms with Crippen LogP contribution in [0.1, 0.15) is 29.1 Å². The molecule has 0 heterocycles. The van der Waals surface area contributed by atoms with Gasteiger partial charge in [-0.2, -0.15) is 0 Å². The summed E-state index contributed by atoms with van der Waals surface area (Å²) >= 11 is 0. The van der Waals surface area contributed by atoms with E-state index < -0.39 is 0 Å². The van der Waals surface area contributed by atoms with Crippen molar-refractivity contribution < 1.29 is 52.8 Å². The van der Waals surface area contributed by atoms with E-state index in [2.05, 4.69) is 27.7 Å². The second-order valence-corrected chi connectivity index (χ2v) is 2.63. The standard InChI is InChI=1S/C6H14BN.K.H/c1-5(2)8(7)6(3)4;;/h5-6H,1-4H3;;/q;+1;-1. The van der Waals surface area contributed by atoms with Crippen molar-refractivity contribution in [3.8, 4) is 0 Å². The molecule has 1 nitrogen and oxygen atoms in total. The summed E-state index contributed by atoms with van der Waals surface area (Å²) < 4.78 is 0. The maximum Gasteiger partial charge on any atom is 1.00 e. The van der Waals surface area contributed by atoms with Crippen molar-refractivity contribution in [3.63, 3.8) is 0 Å². The third-order valence-corrected chi connectivity index (χ3v) is 1.19. The molecule has 0 atom stereocenters. The van der Waals surface area contributed by atoms with E-state index in [-0.39, 0.29) is 52.8 Å². The SMILES string of the molecule is [B]N(C(C)C)C(C)C.[H-].[K+]. The predicted molar refractivity (Wildman–Crippen MR) is 39.0 cm³/mol. The molecule has 48 valence electrons. The molecule has 0 saturated carbocycles. The van der Waals surface area contributed by atoms with Crippen LogP contribution in [0.25, 0.3) is 0 Å². The average Bonchev–Trinajstić information content (AvgIpc) is 1.64. The molecular weight excluding hydrogens is 136 g/mol. The molecule has 0 aromatic rings. The maximum absolute atomic E-state index is 5.59. The minimum atomic E-state index is 0. The molecule has 0 fully saturated rings. The Labute approximate surface area is 104 Å². The van der Waals surface area contributed by atoms with Crippen molar-refractivity contribution in [1.82, 2.24) is 4.81 Å². The van der Waals surface area contributed by atoms with Gasteiger partial charge in [0, 0.05) is 0 Å². The van der Waals surface area contributed by atoms with Gasteiger partial charge < -0.3 is 6.24 Å². The molecule has 0 aliphatic heterocycles. The molecule has 0 N–H and O–H groups in total. The van der Waals surface area contributed by atoms with Crippen LogP contribution in [0.2, 0.25) is 0 Å². The summed E-state index contributed by atoms with van der Waals surface area (Å²) in [5.41, 5.74) is 0. The zero-order chi connectivity index (χ0) is 6.73. The summed E-state index contributed by atoms with van der Waals surface area (Å²) in [5.74, 6) is 0. The Morgan fingerprint density at radius 2 is 1.33 bits per heavy atom. The van der Waals surface area contributed by atoms with E-state index in [9.17, 15) is 0 Å². The topological polar surface area (TPSA) is 3.24 Å². The van der Waals surface area contributed by atoms with Crippen LogP contribution >= 0.6 is 0 Å². The van der Waals surface area contributed by atoms with E-state index in [0.717, 1.165) is 0 Å². The van der Waals surface area contributed by atoms with Gasteiger partial charge >= 0.3 is 51.4 Å². The summed E-state index contributed by atoms with van der Waals surface area (Å²) in [6.07, 6.45) is 0. The molecule has 0 aliphatic carbocycles. The van der Waals surface area contributed by atoms with E-state index >= 15 is 0 Å². The monoisotopic (exact) mass is 151 g/mol. The van der Waals surface area contributed by atoms with Crippen molar-refractivity contribution in [2.75, 3.05) is 0 Å². The molecule has 0 amide bonds. The zero-order valence-electron chi connectivity index (χ0n) is 8.18. The molecule has 9 heavy (non-hydrogen) atoms. The molecule has 0 saturated heterocycles. The molecule has 0 aliphatic rings. The Kier molecular flexibility index (Phi) is 9.40. The van der Waals surface area contributed by atoms with Gasteiger partial charge in [-0.25, -0.2) is 0 Å². The summed E-state index contributed by atoms with van der Waals surface area (Å²) in [7, 11) is 5.59. The fourth-order valence-corrected chi connectivity index (χ4v) is 0.596. The second-order valence-electron chi connectivity index (χ2n) is 2.63. The maximum atomic E-state index is 5.59. The number of rotatable bonds is 2. The predicted octanol–water partition coefficient (Wildman–Crippen LogP) is -1.69. The molecule has 0 unspecified atom stereocenters. The average molecular weight is 151 g/mol. The number of hydrogen-bond acceptors (Lipinski definition) is 1. The molecule has 2 radical (unpaired) electrons. The quantitative estimate of drug-likeness (QED) is 0.425. The largest absolute Gasteiger partial charge is 1.00 e. The van der Waals surface area contributed by atoms with Crippen LogP contribution in [-0.2, 0) is 0 Å². The van der Waals surface area contributed by atoms with Gasteiger partial charge in [0.25, 0.3) is 0 Å². The molecule has 0 aromatic heterocycles.